The van der Waals surface area contributed by atoms with Crippen LogP contribution in [0.2, 0.25) is 0 Å². The number of benzene rings is 2. The molecule has 1 aliphatic rings. The molecule has 1 amide bonds. The molecular formula is C24H29N3O4S2. The fourth-order valence-corrected chi connectivity index (χ4v) is 6.43. The third-order valence-corrected chi connectivity index (χ3v) is 8.37. The van der Waals surface area contributed by atoms with Gasteiger partial charge in [0.15, 0.2) is 15.0 Å². The molecule has 0 saturated carbocycles. The van der Waals surface area contributed by atoms with Crippen molar-refractivity contribution in [3.63, 3.8) is 0 Å². The van der Waals surface area contributed by atoms with E-state index in [0.717, 1.165) is 47.4 Å². The second-order valence-electron chi connectivity index (χ2n) is 8.35. The van der Waals surface area contributed by atoms with Crippen LogP contribution in [0, 0.1) is 13.8 Å². The van der Waals surface area contributed by atoms with Crippen LogP contribution in [0.1, 0.15) is 17.5 Å². The van der Waals surface area contributed by atoms with Crippen LogP contribution in [-0.4, -0.2) is 69.4 Å². The third-order valence-electron chi connectivity index (χ3n) is 5.73. The first-order valence-corrected chi connectivity index (χ1v) is 13.6. The molecule has 176 valence electrons. The molecule has 2 heterocycles. The van der Waals surface area contributed by atoms with Crippen molar-refractivity contribution in [2.75, 3.05) is 50.0 Å². The second kappa shape index (κ2) is 10.3. The molecule has 4 rings (SSSR count). The van der Waals surface area contributed by atoms with Crippen molar-refractivity contribution in [3.8, 4) is 0 Å². The van der Waals surface area contributed by atoms with Crippen molar-refractivity contribution in [1.29, 1.82) is 0 Å². The van der Waals surface area contributed by atoms with E-state index in [1.54, 1.807) is 23.1 Å². The van der Waals surface area contributed by atoms with Gasteiger partial charge in [-0.3, -0.25) is 14.6 Å². The predicted molar refractivity (Wildman–Crippen MR) is 132 cm³/mol. The summed E-state index contributed by atoms with van der Waals surface area (Å²) in [5, 5.41) is 0.550. The van der Waals surface area contributed by atoms with E-state index in [4.69, 9.17) is 9.72 Å². The Bertz CT molecular complexity index is 1220. The van der Waals surface area contributed by atoms with Crippen molar-refractivity contribution < 1.29 is 17.9 Å². The van der Waals surface area contributed by atoms with Gasteiger partial charge >= 0.3 is 0 Å². The van der Waals surface area contributed by atoms with Gasteiger partial charge in [0.1, 0.15) is 5.75 Å². The first kappa shape index (κ1) is 23.8. The van der Waals surface area contributed by atoms with Crippen molar-refractivity contribution in [1.82, 2.24) is 9.88 Å². The summed E-state index contributed by atoms with van der Waals surface area (Å²) in [6, 6.07) is 12.2. The first-order chi connectivity index (χ1) is 15.8. The zero-order valence-electron chi connectivity index (χ0n) is 19.0. The minimum absolute atomic E-state index is 0.155. The number of aryl methyl sites for hydroxylation is 2. The maximum atomic E-state index is 13.3. The number of morpholine rings is 1. The molecule has 1 aliphatic heterocycles. The van der Waals surface area contributed by atoms with E-state index >= 15 is 0 Å². The lowest BCUT2D eigenvalue weighted by molar-refractivity contribution is -0.116. The molecule has 0 bridgehead atoms. The number of ether oxygens (including phenoxy) is 1. The molecule has 3 aromatic rings. The highest BCUT2D eigenvalue weighted by Gasteiger charge is 2.27. The summed E-state index contributed by atoms with van der Waals surface area (Å²) < 4.78 is 32.2. The molecule has 9 heteroatoms. The highest BCUT2D eigenvalue weighted by atomic mass is 32.2. The number of aromatic nitrogens is 1. The standard InChI is InChI=1S/C24H29N3O4S2/c1-18-15-19(2)23-21(16-18)32-24(25-23)27(10-6-9-26-11-13-31-14-12-26)22(28)17-33(29,30)20-7-4-3-5-8-20/h3-5,7-8,15-16H,6,9-14,17H2,1-2H3. The Morgan fingerprint density at radius 1 is 1.15 bits per heavy atom. The predicted octanol–water partition coefficient (Wildman–Crippen LogP) is 3.44. The van der Waals surface area contributed by atoms with Gasteiger partial charge in [-0.2, -0.15) is 0 Å². The number of anilines is 1. The number of rotatable bonds is 8. The first-order valence-electron chi connectivity index (χ1n) is 11.1. The maximum absolute atomic E-state index is 13.3. The number of hydrogen-bond donors (Lipinski definition) is 0. The maximum Gasteiger partial charge on any atom is 0.244 e. The van der Waals surface area contributed by atoms with Crippen molar-refractivity contribution in [2.24, 2.45) is 0 Å². The van der Waals surface area contributed by atoms with Gasteiger partial charge in [-0.05, 0) is 49.6 Å². The van der Waals surface area contributed by atoms with Gasteiger partial charge in [0, 0.05) is 26.2 Å². The van der Waals surface area contributed by atoms with Gasteiger partial charge in [0.05, 0.1) is 28.3 Å². The zero-order chi connectivity index (χ0) is 23.4. The lowest BCUT2D eigenvalue weighted by Crippen LogP contribution is -2.40. The van der Waals surface area contributed by atoms with Gasteiger partial charge < -0.3 is 4.74 Å². The Kier molecular flexibility index (Phi) is 7.43. The lowest BCUT2D eigenvalue weighted by Gasteiger charge is -2.27. The van der Waals surface area contributed by atoms with Gasteiger partial charge in [0.25, 0.3) is 0 Å². The molecular weight excluding hydrogens is 458 g/mol. The average molecular weight is 488 g/mol. The van der Waals surface area contributed by atoms with Gasteiger partial charge in [0.2, 0.25) is 5.91 Å². The number of sulfone groups is 1. The summed E-state index contributed by atoms with van der Waals surface area (Å²) >= 11 is 1.44. The Morgan fingerprint density at radius 2 is 1.88 bits per heavy atom. The molecule has 33 heavy (non-hydrogen) atoms. The van der Waals surface area contributed by atoms with E-state index < -0.39 is 21.5 Å². The molecule has 0 spiro atoms. The van der Waals surface area contributed by atoms with Crippen molar-refractivity contribution in [3.05, 3.63) is 53.6 Å². The quantitative estimate of drug-likeness (QED) is 0.484. The van der Waals surface area contributed by atoms with E-state index in [1.807, 2.05) is 13.8 Å². The fraction of sp³-hybridized carbons (Fsp3) is 0.417. The van der Waals surface area contributed by atoms with E-state index in [2.05, 4.69) is 17.0 Å². The summed E-state index contributed by atoms with van der Waals surface area (Å²) in [6.07, 6.45) is 0.727. The topological polar surface area (TPSA) is 79.8 Å². The number of carbonyl (C=O) groups is 1. The van der Waals surface area contributed by atoms with Crippen molar-refractivity contribution in [2.45, 2.75) is 25.2 Å². The second-order valence-corrected chi connectivity index (χ2v) is 11.3. The Morgan fingerprint density at radius 3 is 2.61 bits per heavy atom. The highest BCUT2D eigenvalue weighted by molar-refractivity contribution is 7.92. The highest BCUT2D eigenvalue weighted by Crippen LogP contribution is 2.32. The Balaban J connectivity index is 1.58. The molecule has 0 aliphatic carbocycles. The van der Waals surface area contributed by atoms with Crippen LogP contribution in [0.15, 0.2) is 47.4 Å². The normalized spacial score (nSPS) is 15.1. The molecule has 2 aromatic carbocycles. The van der Waals surface area contributed by atoms with Crippen LogP contribution < -0.4 is 4.90 Å². The number of nitrogens with zero attached hydrogens (tertiary/aromatic N) is 3. The zero-order valence-corrected chi connectivity index (χ0v) is 20.6. The SMILES string of the molecule is Cc1cc(C)c2nc(N(CCCN3CCOCC3)C(=O)CS(=O)(=O)c3ccccc3)sc2c1. The van der Waals surface area contributed by atoms with Gasteiger partial charge in [-0.15, -0.1) is 0 Å². The van der Waals surface area contributed by atoms with Crippen LogP contribution in [0.3, 0.4) is 0 Å². The smallest absolute Gasteiger partial charge is 0.244 e. The molecule has 0 unspecified atom stereocenters. The monoisotopic (exact) mass is 487 g/mol. The summed E-state index contributed by atoms with van der Waals surface area (Å²) in [7, 11) is -3.74. The largest absolute Gasteiger partial charge is 0.379 e. The fourth-order valence-electron chi connectivity index (χ4n) is 4.03. The summed E-state index contributed by atoms with van der Waals surface area (Å²) in [5.74, 6) is -1.03. The summed E-state index contributed by atoms with van der Waals surface area (Å²) in [6.45, 7) is 8.45. The Hall–Kier alpha value is -2.33. The number of thiazole rings is 1. The third kappa shape index (κ3) is 5.78. The molecule has 1 fully saturated rings. The number of fused-ring (bicyclic) bond motifs is 1. The minimum Gasteiger partial charge on any atom is -0.379 e. The van der Waals surface area contributed by atoms with Crippen LogP contribution in [0.5, 0.6) is 0 Å². The van der Waals surface area contributed by atoms with Crippen LogP contribution >= 0.6 is 11.3 Å². The number of amides is 1. The van der Waals surface area contributed by atoms with Gasteiger partial charge in [-0.1, -0.05) is 35.6 Å². The number of hydrogen-bond acceptors (Lipinski definition) is 7. The van der Waals surface area contributed by atoms with E-state index in [0.29, 0.717) is 24.9 Å². The summed E-state index contributed by atoms with van der Waals surface area (Å²) in [5.41, 5.74) is 3.04. The summed E-state index contributed by atoms with van der Waals surface area (Å²) in [4.78, 5) is 22.1. The molecule has 0 N–H and O–H groups in total. The van der Waals surface area contributed by atoms with Crippen LogP contribution in [-0.2, 0) is 19.4 Å². The van der Waals surface area contributed by atoms with Gasteiger partial charge in [-0.25, -0.2) is 13.4 Å². The van der Waals surface area contributed by atoms with E-state index in [1.165, 1.54) is 23.5 Å². The van der Waals surface area contributed by atoms with Crippen LogP contribution in [0.25, 0.3) is 10.2 Å². The Labute approximate surface area is 198 Å². The van der Waals surface area contributed by atoms with E-state index in [9.17, 15) is 13.2 Å². The minimum atomic E-state index is -3.74. The number of carbonyl (C=O) groups excluding carboxylic acids is 1. The van der Waals surface area contributed by atoms with E-state index in [-0.39, 0.29) is 4.90 Å². The molecule has 1 saturated heterocycles. The molecule has 0 radical (unpaired) electrons. The average Bonchev–Trinajstić information content (AvgIpc) is 3.21. The molecule has 1 aromatic heterocycles. The molecule has 7 nitrogen and oxygen atoms in total. The van der Waals surface area contributed by atoms with Crippen molar-refractivity contribution >= 4 is 42.4 Å². The van der Waals surface area contributed by atoms with Crippen LogP contribution in [0.4, 0.5) is 5.13 Å². The molecule has 0 atom stereocenters. The lowest BCUT2D eigenvalue weighted by atomic mass is 10.1.